The summed E-state index contributed by atoms with van der Waals surface area (Å²) in [5, 5.41) is 13.3. The van der Waals surface area contributed by atoms with Gasteiger partial charge < -0.3 is 9.80 Å². The molecule has 0 radical (unpaired) electrons. The van der Waals surface area contributed by atoms with Crippen molar-refractivity contribution in [2.75, 3.05) is 39.8 Å². The van der Waals surface area contributed by atoms with E-state index >= 15 is 0 Å². The number of rotatable bonds is 5. The first kappa shape index (κ1) is 16.7. The molecule has 1 aliphatic heterocycles. The van der Waals surface area contributed by atoms with Crippen molar-refractivity contribution in [1.82, 2.24) is 15.1 Å². The van der Waals surface area contributed by atoms with Gasteiger partial charge in [-0.1, -0.05) is 6.42 Å². The van der Waals surface area contributed by atoms with Crippen molar-refractivity contribution in [2.45, 2.75) is 57.5 Å². The van der Waals surface area contributed by atoms with E-state index in [2.05, 4.69) is 42.1 Å². The number of nitriles is 1. The van der Waals surface area contributed by atoms with Crippen LogP contribution < -0.4 is 5.32 Å². The van der Waals surface area contributed by atoms with Crippen molar-refractivity contribution in [2.24, 2.45) is 5.92 Å². The van der Waals surface area contributed by atoms with E-state index in [1.807, 2.05) is 0 Å². The lowest BCUT2D eigenvalue weighted by Crippen LogP contribution is -2.50. The van der Waals surface area contributed by atoms with Gasteiger partial charge in [-0.15, -0.1) is 0 Å². The number of hydrogen-bond acceptors (Lipinski definition) is 4. The molecule has 0 aromatic rings. The Balaban J connectivity index is 1.87. The molecule has 2 aliphatic rings. The third-order valence-electron chi connectivity index (χ3n) is 5.17. The SMILES string of the molecule is CC(C)NC1(C#N)CCCC1CCN1CCCN(C)CC1. The molecule has 0 bridgehead atoms. The van der Waals surface area contributed by atoms with Gasteiger partial charge in [0.15, 0.2) is 0 Å². The Morgan fingerprint density at radius 1 is 1.24 bits per heavy atom. The van der Waals surface area contributed by atoms with Crippen LogP contribution in [0.25, 0.3) is 0 Å². The van der Waals surface area contributed by atoms with Gasteiger partial charge >= 0.3 is 0 Å². The molecule has 2 atom stereocenters. The van der Waals surface area contributed by atoms with E-state index in [0.717, 1.165) is 19.4 Å². The van der Waals surface area contributed by atoms with Gasteiger partial charge in [-0.3, -0.25) is 5.32 Å². The van der Waals surface area contributed by atoms with Crippen LogP contribution >= 0.6 is 0 Å². The molecule has 2 fully saturated rings. The third kappa shape index (κ3) is 4.42. The molecule has 4 nitrogen and oxygen atoms in total. The van der Waals surface area contributed by atoms with E-state index in [0.29, 0.717) is 12.0 Å². The molecule has 1 N–H and O–H groups in total. The fourth-order valence-corrected chi connectivity index (χ4v) is 4.02. The fraction of sp³-hybridized carbons (Fsp3) is 0.941. The van der Waals surface area contributed by atoms with Crippen LogP contribution in [0.4, 0.5) is 0 Å². The van der Waals surface area contributed by atoms with Gasteiger partial charge in [0, 0.05) is 19.1 Å². The molecule has 1 saturated carbocycles. The summed E-state index contributed by atoms with van der Waals surface area (Å²) in [5.74, 6) is 0.519. The maximum atomic E-state index is 9.72. The molecule has 0 aromatic carbocycles. The average Bonchev–Trinajstić information content (AvgIpc) is 2.71. The summed E-state index contributed by atoms with van der Waals surface area (Å²) in [5.41, 5.74) is -0.267. The van der Waals surface area contributed by atoms with Gasteiger partial charge in [0.05, 0.1) is 6.07 Å². The van der Waals surface area contributed by atoms with Gasteiger partial charge in [0.1, 0.15) is 5.54 Å². The maximum absolute atomic E-state index is 9.72. The Morgan fingerprint density at radius 3 is 2.76 bits per heavy atom. The molecule has 1 heterocycles. The minimum atomic E-state index is -0.267. The predicted molar refractivity (Wildman–Crippen MR) is 87.1 cm³/mol. The van der Waals surface area contributed by atoms with Crippen molar-refractivity contribution in [3.63, 3.8) is 0 Å². The molecule has 2 unspecified atom stereocenters. The molecule has 2 rings (SSSR count). The number of nitrogens with zero attached hydrogens (tertiary/aromatic N) is 3. The van der Waals surface area contributed by atoms with Crippen molar-refractivity contribution >= 4 is 0 Å². The Hall–Kier alpha value is -0.630. The van der Waals surface area contributed by atoms with Crippen molar-refractivity contribution in [3.05, 3.63) is 0 Å². The zero-order valence-corrected chi connectivity index (χ0v) is 14.1. The molecular formula is C17H32N4. The molecule has 1 saturated heterocycles. The van der Waals surface area contributed by atoms with E-state index in [-0.39, 0.29) is 5.54 Å². The van der Waals surface area contributed by atoms with E-state index in [1.54, 1.807) is 0 Å². The second kappa shape index (κ2) is 7.58. The zero-order chi connectivity index (χ0) is 15.3. The lowest BCUT2D eigenvalue weighted by atomic mass is 9.85. The van der Waals surface area contributed by atoms with Crippen LogP contribution in [0.5, 0.6) is 0 Å². The number of hydrogen-bond donors (Lipinski definition) is 1. The van der Waals surface area contributed by atoms with Crippen molar-refractivity contribution in [3.8, 4) is 6.07 Å². The summed E-state index contributed by atoms with van der Waals surface area (Å²) in [7, 11) is 2.22. The fourth-order valence-electron chi connectivity index (χ4n) is 4.02. The minimum absolute atomic E-state index is 0.267. The summed E-state index contributed by atoms with van der Waals surface area (Å²) >= 11 is 0. The summed E-state index contributed by atoms with van der Waals surface area (Å²) in [4.78, 5) is 5.02. The van der Waals surface area contributed by atoms with Crippen LogP contribution in [-0.2, 0) is 0 Å². The Bertz CT molecular complexity index is 362. The quantitative estimate of drug-likeness (QED) is 0.842. The lowest BCUT2D eigenvalue weighted by Gasteiger charge is -2.33. The topological polar surface area (TPSA) is 42.3 Å². The first-order valence-corrected chi connectivity index (χ1v) is 8.65. The molecule has 0 aromatic heterocycles. The summed E-state index contributed by atoms with van der Waals surface area (Å²) in [6.07, 6.45) is 5.86. The van der Waals surface area contributed by atoms with E-state index < -0.39 is 0 Å². The largest absolute Gasteiger partial charge is 0.305 e. The van der Waals surface area contributed by atoms with Gasteiger partial charge in [-0.2, -0.15) is 5.26 Å². The molecular weight excluding hydrogens is 260 g/mol. The van der Waals surface area contributed by atoms with Crippen molar-refractivity contribution in [1.29, 1.82) is 5.26 Å². The monoisotopic (exact) mass is 292 g/mol. The lowest BCUT2D eigenvalue weighted by molar-refractivity contribution is 0.220. The Labute approximate surface area is 130 Å². The molecule has 0 amide bonds. The standard InChI is InChI=1S/C17H32N4/c1-15(2)19-17(14-18)8-4-6-16(17)7-11-21-10-5-9-20(3)12-13-21/h15-16,19H,4-13H2,1-3H3. The highest BCUT2D eigenvalue weighted by Gasteiger charge is 2.43. The van der Waals surface area contributed by atoms with Crippen LogP contribution in [-0.4, -0.2) is 61.2 Å². The number of nitrogens with one attached hydrogen (secondary N) is 1. The highest BCUT2D eigenvalue weighted by molar-refractivity contribution is 5.14. The molecule has 21 heavy (non-hydrogen) atoms. The van der Waals surface area contributed by atoms with Gasteiger partial charge in [0.2, 0.25) is 0 Å². The highest BCUT2D eigenvalue weighted by Crippen LogP contribution is 2.38. The second-order valence-corrected chi connectivity index (χ2v) is 7.26. The molecule has 4 heteroatoms. The zero-order valence-electron chi connectivity index (χ0n) is 14.1. The van der Waals surface area contributed by atoms with Crippen LogP contribution in [0.1, 0.15) is 46.0 Å². The molecule has 0 spiro atoms. The first-order chi connectivity index (χ1) is 10.1. The predicted octanol–water partition coefficient (Wildman–Crippen LogP) is 2.07. The van der Waals surface area contributed by atoms with Crippen LogP contribution in [0.3, 0.4) is 0 Å². The van der Waals surface area contributed by atoms with Gasteiger partial charge in [-0.05, 0) is 72.1 Å². The Kier molecular flexibility index (Phi) is 6.04. The first-order valence-electron chi connectivity index (χ1n) is 8.65. The number of likely N-dealkylation sites (N-methyl/N-ethyl adjacent to an activating group) is 1. The van der Waals surface area contributed by atoms with Gasteiger partial charge in [0.25, 0.3) is 0 Å². The molecule has 1 aliphatic carbocycles. The second-order valence-electron chi connectivity index (χ2n) is 7.26. The van der Waals surface area contributed by atoms with Crippen molar-refractivity contribution < 1.29 is 0 Å². The van der Waals surface area contributed by atoms with Crippen LogP contribution in [0.2, 0.25) is 0 Å². The summed E-state index contributed by atoms with van der Waals surface area (Å²) < 4.78 is 0. The van der Waals surface area contributed by atoms with E-state index in [1.165, 1.54) is 45.4 Å². The van der Waals surface area contributed by atoms with Gasteiger partial charge in [-0.25, -0.2) is 0 Å². The summed E-state index contributed by atoms with van der Waals surface area (Å²) in [6.45, 7) is 10.3. The smallest absolute Gasteiger partial charge is 0.109 e. The van der Waals surface area contributed by atoms with Crippen LogP contribution in [0, 0.1) is 17.2 Å². The summed E-state index contributed by atoms with van der Waals surface area (Å²) in [6, 6.07) is 3.01. The molecule has 120 valence electrons. The highest BCUT2D eigenvalue weighted by atomic mass is 15.2. The minimum Gasteiger partial charge on any atom is -0.305 e. The third-order valence-corrected chi connectivity index (χ3v) is 5.17. The van der Waals surface area contributed by atoms with E-state index in [4.69, 9.17) is 0 Å². The van der Waals surface area contributed by atoms with E-state index in [9.17, 15) is 5.26 Å². The average molecular weight is 292 g/mol. The van der Waals surface area contributed by atoms with Crippen LogP contribution in [0.15, 0.2) is 0 Å². The Morgan fingerprint density at radius 2 is 2.05 bits per heavy atom. The normalized spacial score (nSPS) is 32.2. The maximum Gasteiger partial charge on any atom is 0.109 e.